The number of nitrogens with two attached hydrogens (primary N) is 1. The third-order valence-corrected chi connectivity index (χ3v) is 5.19. The van der Waals surface area contributed by atoms with Crippen LogP contribution in [0.4, 0.5) is 0 Å². The van der Waals surface area contributed by atoms with E-state index < -0.39 is 0 Å². The minimum atomic E-state index is -0.167. The normalized spacial score (nSPS) is 32.2. The highest BCUT2D eigenvalue weighted by atomic mass is 16.1. The van der Waals surface area contributed by atoms with Gasteiger partial charge in [0.2, 0.25) is 5.91 Å². The monoisotopic (exact) mass is 258 g/mol. The van der Waals surface area contributed by atoms with Crippen LogP contribution in [0.15, 0.2) is 24.3 Å². The number of carbonyl (C=O) groups is 1. The first-order valence-corrected chi connectivity index (χ1v) is 7.07. The number of amides is 1. The molecule has 1 saturated heterocycles. The number of hydrogen-bond acceptors (Lipinski definition) is 2. The van der Waals surface area contributed by atoms with Crippen molar-refractivity contribution >= 4 is 5.91 Å². The summed E-state index contributed by atoms with van der Waals surface area (Å²) >= 11 is 0. The molecule has 2 aliphatic rings. The van der Waals surface area contributed by atoms with Crippen LogP contribution >= 0.6 is 0 Å². The summed E-state index contributed by atoms with van der Waals surface area (Å²) in [5, 5.41) is 3.38. The Morgan fingerprint density at radius 3 is 2.63 bits per heavy atom. The van der Waals surface area contributed by atoms with Crippen molar-refractivity contribution in [3.05, 3.63) is 35.4 Å². The molecule has 1 spiro atoms. The molecule has 1 aromatic rings. The summed E-state index contributed by atoms with van der Waals surface area (Å²) in [6, 6.07) is 8.59. The van der Waals surface area contributed by atoms with Crippen molar-refractivity contribution in [2.45, 2.75) is 37.5 Å². The SMILES string of the molecule is CC1(C)CCC2(CNCC2C(N)=O)c2ccccc21. The molecule has 1 aliphatic carbocycles. The highest BCUT2D eigenvalue weighted by Crippen LogP contribution is 2.50. The van der Waals surface area contributed by atoms with Crippen LogP contribution in [0.3, 0.4) is 0 Å². The quantitative estimate of drug-likeness (QED) is 0.805. The fourth-order valence-corrected chi connectivity index (χ4v) is 3.99. The maximum atomic E-state index is 11.8. The maximum Gasteiger partial charge on any atom is 0.222 e. The van der Waals surface area contributed by atoms with Crippen LogP contribution < -0.4 is 11.1 Å². The lowest BCUT2D eigenvalue weighted by molar-refractivity contribution is -0.123. The zero-order chi connectivity index (χ0) is 13.7. The molecular formula is C16H22N2O. The molecule has 3 N–H and O–H groups in total. The molecule has 1 amide bonds. The van der Waals surface area contributed by atoms with Crippen LogP contribution in [0.2, 0.25) is 0 Å². The van der Waals surface area contributed by atoms with Gasteiger partial charge >= 0.3 is 0 Å². The molecule has 0 bridgehead atoms. The van der Waals surface area contributed by atoms with Gasteiger partial charge in [-0.25, -0.2) is 0 Å². The first kappa shape index (κ1) is 12.7. The van der Waals surface area contributed by atoms with Gasteiger partial charge in [-0.15, -0.1) is 0 Å². The van der Waals surface area contributed by atoms with Crippen molar-refractivity contribution in [1.29, 1.82) is 0 Å². The molecule has 1 fully saturated rings. The minimum absolute atomic E-state index is 0.0789. The molecule has 102 valence electrons. The molecule has 3 nitrogen and oxygen atoms in total. The summed E-state index contributed by atoms with van der Waals surface area (Å²) in [6.45, 7) is 6.17. The topological polar surface area (TPSA) is 55.1 Å². The zero-order valence-electron chi connectivity index (χ0n) is 11.7. The molecule has 0 saturated carbocycles. The lowest BCUT2D eigenvalue weighted by atomic mass is 9.58. The van der Waals surface area contributed by atoms with Gasteiger partial charge in [-0.2, -0.15) is 0 Å². The van der Waals surface area contributed by atoms with E-state index >= 15 is 0 Å². The van der Waals surface area contributed by atoms with Crippen molar-refractivity contribution < 1.29 is 4.79 Å². The Morgan fingerprint density at radius 1 is 1.26 bits per heavy atom. The number of hydrogen-bond donors (Lipinski definition) is 2. The van der Waals surface area contributed by atoms with Gasteiger partial charge in [0.25, 0.3) is 0 Å². The predicted octanol–water partition coefficient (Wildman–Crippen LogP) is 1.70. The van der Waals surface area contributed by atoms with Crippen molar-refractivity contribution in [3.63, 3.8) is 0 Å². The average molecular weight is 258 g/mol. The van der Waals surface area contributed by atoms with Crippen molar-refractivity contribution in [2.24, 2.45) is 11.7 Å². The van der Waals surface area contributed by atoms with Crippen molar-refractivity contribution in [1.82, 2.24) is 5.32 Å². The number of rotatable bonds is 1. The van der Waals surface area contributed by atoms with Crippen LogP contribution in [0.25, 0.3) is 0 Å². The van der Waals surface area contributed by atoms with Gasteiger partial charge in [-0.1, -0.05) is 38.1 Å². The standard InChI is InChI=1S/C16H22N2O/c1-15(2)7-8-16(10-18-9-13(16)14(17)19)12-6-4-3-5-11(12)15/h3-6,13,18H,7-10H2,1-2H3,(H2,17,19). The molecule has 2 atom stereocenters. The molecule has 3 rings (SSSR count). The Labute approximate surface area is 114 Å². The molecular weight excluding hydrogens is 236 g/mol. The molecule has 1 aromatic carbocycles. The van der Waals surface area contributed by atoms with Gasteiger partial charge in [0.15, 0.2) is 0 Å². The van der Waals surface area contributed by atoms with Crippen LogP contribution in [-0.4, -0.2) is 19.0 Å². The first-order valence-electron chi connectivity index (χ1n) is 7.07. The minimum Gasteiger partial charge on any atom is -0.369 e. The molecule has 2 unspecified atom stereocenters. The van der Waals surface area contributed by atoms with Crippen LogP contribution in [0.5, 0.6) is 0 Å². The Kier molecular flexibility index (Phi) is 2.72. The third-order valence-electron chi connectivity index (χ3n) is 5.19. The maximum absolute atomic E-state index is 11.8. The number of benzene rings is 1. The largest absolute Gasteiger partial charge is 0.369 e. The zero-order valence-corrected chi connectivity index (χ0v) is 11.7. The number of fused-ring (bicyclic) bond motifs is 2. The van der Waals surface area contributed by atoms with E-state index in [0.29, 0.717) is 6.54 Å². The van der Waals surface area contributed by atoms with Gasteiger partial charge in [0, 0.05) is 18.5 Å². The van der Waals surface area contributed by atoms with Crippen LogP contribution in [0, 0.1) is 5.92 Å². The summed E-state index contributed by atoms with van der Waals surface area (Å²) in [7, 11) is 0. The fourth-order valence-electron chi connectivity index (χ4n) is 3.99. The Morgan fingerprint density at radius 2 is 1.95 bits per heavy atom. The van der Waals surface area contributed by atoms with Gasteiger partial charge in [0.1, 0.15) is 0 Å². The van der Waals surface area contributed by atoms with E-state index in [9.17, 15) is 4.79 Å². The van der Waals surface area contributed by atoms with Gasteiger partial charge in [-0.3, -0.25) is 4.79 Å². The fraction of sp³-hybridized carbons (Fsp3) is 0.562. The first-order chi connectivity index (χ1) is 8.97. The van der Waals surface area contributed by atoms with E-state index in [2.05, 4.69) is 43.4 Å². The second kappa shape index (κ2) is 4.07. The van der Waals surface area contributed by atoms with Crippen molar-refractivity contribution in [2.75, 3.05) is 13.1 Å². The molecule has 0 radical (unpaired) electrons. The van der Waals surface area contributed by atoms with E-state index in [-0.39, 0.29) is 22.7 Å². The van der Waals surface area contributed by atoms with Gasteiger partial charge in [-0.05, 0) is 29.4 Å². The van der Waals surface area contributed by atoms with Crippen LogP contribution in [-0.2, 0) is 15.6 Å². The highest BCUT2D eigenvalue weighted by Gasteiger charge is 2.51. The summed E-state index contributed by atoms with van der Waals surface area (Å²) in [6.07, 6.45) is 2.15. The molecule has 19 heavy (non-hydrogen) atoms. The van der Waals surface area contributed by atoms with Crippen molar-refractivity contribution in [3.8, 4) is 0 Å². The van der Waals surface area contributed by atoms with E-state index in [4.69, 9.17) is 5.73 Å². The molecule has 3 heteroatoms. The summed E-state index contributed by atoms with van der Waals surface area (Å²) in [5.41, 5.74) is 8.47. The summed E-state index contributed by atoms with van der Waals surface area (Å²) in [4.78, 5) is 11.8. The third kappa shape index (κ3) is 1.71. The molecule has 1 aliphatic heterocycles. The summed E-state index contributed by atoms with van der Waals surface area (Å²) in [5.74, 6) is -0.246. The van der Waals surface area contributed by atoms with E-state index in [1.807, 2.05) is 0 Å². The van der Waals surface area contributed by atoms with E-state index in [1.54, 1.807) is 0 Å². The number of nitrogens with one attached hydrogen (secondary N) is 1. The van der Waals surface area contributed by atoms with E-state index in [1.165, 1.54) is 11.1 Å². The van der Waals surface area contributed by atoms with Gasteiger partial charge in [0.05, 0.1) is 5.92 Å². The highest BCUT2D eigenvalue weighted by molar-refractivity contribution is 5.80. The molecule has 0 aromatic heterocycles. The van der Waals surface area contributed by atoms with Crippen LogP contribution in [0.1, 0.15) is 37.8 Å². The van der Waals surface area contributed by atoms with Gasteiger partial charge < -0.3 is 11.1 Å². The number of primary amides is 1. The lowest BCUT2D eigenvalue weighted by Crippen LogP contribution is -2.47. The lowest BCUT2D eigenvalue weighted by Gasteiger charge is -2.45. The summed E-state index contributed by atoms with van der Waals surface area (Å²) < 4.78 is 0. The Bertz CT molecular complexity index is 523. The second-order valence-electron chi connectivity index (χ2n) is 6.67. The van der Waals surface area contributed by atoms with E-state index in [0.717, 1.165) is 19.4 Å². The number of carbonyl (C=O) groups excluding carboxylic acids is 1. The molecule has 1 heterocycles. The predicted molar refractivity (Wildman–Crippen MR) is 75.9 cm³/mol. The Hall–Kier alpha value is -1.35. The Balaban J connectivity index is 2.17. The smallest absolute Gasteiger partial charge is 0.222 e. The average Bonchev–Trinajstić information content (AvgIpc) is 2.80. The second-order valence-corrected chi connectivity index (χ2v) is 6.67.